The number of hydrogen-bond acceptors (Lipinski definition) is 4. The van der Waals surface area contributed by atoms with Crippen molar-refractivity contribution in [1.82, 2.24) is 9.88 Å². The second-order valence-electron chi connectivity index (χ2n) is 8.15. The van der Waals surface area contributed by atoms with Gasteiger partial charge in [0.05, 0.1) is 32.0 Å². The van der Waals surface area contributed by atoms with Crippen molar-refractivity contribution >= 4 is 32.6 Å². The zero-order valence-corrected chi connectivity index (χ0v) is 19.1. The molecule has 0 saturated carbocycles. The van der Waals surface area contributed by atoms with E-state index in [9.17, 15) is 4.79 Å². The van der Waals surface area contributed by atoms with Gasteiger partial charge in [-0.15, -0.1) is 0 Å². The molecule has 29 heavy (non-hydrogen) atoms. The first-order valence-electron chi connectivity index (χ1n) is 10.3. The number of aromatic amines is 1. The largest absolute Gasteiger partial charge is 0.504 e. The van der Waals surface area contributed by atoms with Crippen molar-refractivity contribution < 1.29 is 14.3 Å². The van der Waals surface area contributed by atoms with E-state index in [0.717, 1.165) is 53.7 Å². The summed E-state index contributed by atoms with van der Waals surface area (Å²) in [6.45, 7) is 5.92. The molecule has 2 aromatic rings. The smallest absolute Gasteiger partial charge is 0.159 e. The van der Waals surface area contributed by atoms with Crippen molar-refractivity contribution in [2.45, 2.75) is 39.2 Å². The van der Waals surface area contributed by atoms with Crippen LogP contribution in [0.25, 0.3) is 10.9 Å². The van der Waals surface area contributed by atoms with E-state index in [-0.39, 0.29) is 17.7 Å². The standard InChI is InChI=1S/C23H29BrN2O3/c1-5-14-11-26-9-8-15-21-20(29-4)7-6-18(24)23(21)25-22(15)19(26)10-16(14)17(12-28-3)13(2)27/h6-7,12,14,16,19,25H,5,8-11H2,1-4H3/b17-12-/t14-,16+,19+/m1/s1. The lowest BCUT2D eigenvalue weighted by Crippen LogP contribution is -2.46. The number of benzene rings is 1. The molecular weight excluding hydrogens is 432 g/mol. The third kappa shape index (κ3) is 3.40. The fourth-order valence-electron chi connectivity index (χ4n) is 5.33. The maximum Gasteiger partial charge on any atom is 0.159 e. The predicted molar refractivity (Wildman–Crippen MR) is 118 cm³/mol. The van der Waals surface area contributed by atoms with E-state index in [2.05, 4.69) is 32.7 Å². The average molecular weight is 461 g/mol. The third-order valence-corrected chi connectivity index (χ3v) is 7.40. The van der Waals surface area contributed by atoms with Gasteiger partial charge >= 0.3 is 0 Å². The Kier molecular flexibility index (Phi) is 5.76. The summed E-state index contributed by atoms with van der Waals surface area (Å²) in [7, 11) is 3.35. The van der Waals surface area contributed by atoms with Crippen LogP contribution >= 0.6 is 15.9 Å². The summed E-state index contributed by atoms with van der Waals surface area (Å²) < 4.78 is 12.0. The Morgan fingerprint density at radius 2 is 2.17 bits per heavy atom. The van der Waals surface area contributed by atoms with Crippen LogP contribution in [0.4, 0.5) is 0 Å². The van der Waals surface area contributed by atoms with Gasteiger partial charge in [-0.1, -0.05) is 13.3 Å². The molecule has 5 nitrogen and oxygen atoms in total. The van der Waals surface area contributed by atoms with Gasteiger partial charge in [-0.2, -0.15) is 0 Å². The zero-order chi connectivity index (χ0) is 20.7. The third-order valence-electron chi connectivity index (χ3n) is 6.74. The van der Waals surface area contributed by atoms with Gasteiger partial charge in [0.1, 0.15) is 5.75 Å². The minimum absolute atomic E-state index is 0.112. The molecule has 0 spiro atoms. The Bertz CT molecular complexity index is 965. The van der Waals surface area contributed by atoms with Crippen molar-refractivity contribution in [3.63, 3.8) is 0 Å². The maximum absolute atomic E-state index is 12.4. The van der Waals surface area contributed by atoms with Crippen LogP contribution in [-0.2, 0) is 16.0 Å². The number of carbonyl (C=O) groups excluding carboxylic acids is 1. The fourth-order valence-corrected chi connectivity index (χ4v) is 5.76. The van der Waals surface area contributed by atoms with Crippen molar-refractivity contribution in [2.75, 3.05) is 27.3 Å². The molecular formula is C23H29BrN2O3. The SMILES string of the molecule is CC[C@@H]1CN2CCc3c([nH]c4c(Br)ccc(OC)c34)[C@@H]2C[C@@H]1/C(=C\OC)C(C)=O. The van der Waals surface area contributed by atoms with Gasteiger partial charge in [0, 0.05) is 34.2 Å². The molecule has 1 aromatic heterocycles. The zero-order valence-electron chi connectivity index (χ0n) is 17.5. The Hall–Kier alpha value is -1.79. The molecule has 1 saturated heterocycles. The highest BCUT2D eigenvalue weighted by Crippen LogP contribution is 2.47. The van der Waals surface area contributed by atoms with E-state index in [1.54, 1.807) is 27.4 Å². The monoisotopic (exact) mass is 460 g/mol. The minimum atomic E-state index is 0.112. The van der Waals surface area contributed by atoms with Crippen molar-refractivity contribution in [2.24, 2.45) is 11.8 Å². The molecule has 3 heterocycles. The predicted octanol–water partition coefficient (Wildman–Crippen LogP) is 5.00. The number of Topliss-reactive ketones (excluding diaryl/α,β-unsaturated/α-hetero) is 1. The van der Waals surface area contributed by atoms with Crippen LogP contribution in [0.2, 0.25) is 0 Å². The Labute approximate surface area is 180 Å². The molecule has 0 aliphatic carbocycles. The highest BCUT2D eigenvalue weighted by Gasteiger charge is 2.42. The van der Waals surface area contributed by atoms with Gasteiger partial charge in [-0.3, -0.25) is 9.69 Å². The number of rotatable bonds is 5. The molecule has 1 aromatic carbocycles. The van der Waals surface area contributed by atoms with E-state index in [0.29, 0.717) is 5.92 Å². The number of carbonyl (C=O) groups is 1. The lowest BCUT2D eigenvalue weighted by Gasteiger charge is -2.46. The second-order valence-corrected chi connectivity index (χ2v) is 9.01. The van der Waals surface area contributed by atoms with Gasteiger partial charge in [0.25, 0.3) is 0 Å². The van der Waals surface area contributed by atoms with E-state index in [1.165, 1.54) is 16.6 Å². The number of aromatic nitrogens is 1. The van der Waals surface area contributed by atoms with Gasteiger partial charge in [-0.05, 0) is 65.2 Å². The molecule has 1 fully saturated rings. The second kappa shape index (κ2) is 8.15. The maximum atomic E-state index is 12.4. The number of allylic oxidation sites excluding steroid dienone is 1. The average Bonchev–Trinajstić information content (AvgIpc) is 3.12. The van der Waals surface area contributed by atoms with Gasteiger partial charge in [0.15, 0.2) is 5.78 Å². The first-order chi connectivity index (χ1) is 14.0. The number of H-pyrrole nitrogens is 1. The summed E-state index contributed by atoms with van der Waals surface area (Å²) in [5.74, 6) is 1.70. The van der Waals surface area contributed by atoms with E-state index in [4.69, 9.17) is 9.47 Å². The number of ether oxygens (including phenoxy) is 2. The van der Waals surface area contributed by atoms with Crippen LogP contribution in [0.3, 0.4) is 0 Å². The molecule has 4 rings (SSSR count). The summed E-state index contributed by atoms with van der Waals surface area (Å²) in [4.78, 5) is 18.7. The number of piperidine rings is 1. The first-order valence-corrected chi connectivity index (χ1v) is 11.1. The molecule has 1 N–H and O–H groups in total. The molecule has 2 aliphatic rings. The molecule has 2 aliphatic heterocycles. The number of hydrogen-bond donors (Lipinski definition) is 1. The van der Waals surface area contributed by atoms with Crippen molar-refractivity contribution in [3.05, 3.63) is 39.7 Å². The lowest BCUT2D eigenvalue weighted by atomic mass is 9.73. The lowest BCUT2D eigenvalue weighted by molar-refractivity contribution is -0.114. The van der Waals surface area contributed by atoms with Gasteiger partial charge in [-0.25, -0.2) is 0 Å². The van der Waals surface area contributed by atoms with Crippen LogP contribution in [0.5, 0.6) is 5.75 Å². The van der Waals surface area contributed by atoms with Crippen LogP contribution in [0.1, 0.15) is 44.0 Å². The minimum Gasteiger partial charge on any atom is -0.504 e. The molecule has 0 amide bonds. The van der Waals surface area contributed by atoms with Crippen molar-refractivity contribution in [1.29, 1.82) is 0 Å². The van der Waals surface area contributed by atoms with Crippen molar-refractivity contribution in [3.8, 4) is 5.75 Å². The van der Waals surface area contributed by atoms with Gasteiger partial charge in [0.2, 0.25) is 0 Å². The van der Waals surface area contributed by atoms with Crippen LogP contribution in [0.15, 0.2) is 28.4 Å². The summed E-state index contributed by atoms with van der Waals surface area (Å²) in [6, 6.07) is 4.33. The highest BCUT2D eigenvalue weighted by molar-refractivity contribution is 9.10. The Morgan fingerprint density at radius 1 is 1.38 bits per heavy atom. The molecule has 0 radical (unpaired) electrons. The number of ketones is 1. The summed E-state index contributed by atoms with van der Waals surface area (Å²) >= 11 is 3.70. The van der Waals surface area contributed by atoms with Crippen LogP contribution in [-0.4, -0.2) is 43.0 Å². The summed E-state index contributed by atoms with van der Waals surface area (Å²) in [5.41, 5.74) is 4.55. The molecule has 156 valence electrons. The number of methoxy groups -OCH3 is 2. The first kappa shape index (κ1) is 20.5. The number of halogens is 1. The highest BCUT2D eigenvalue weighted by atomic mass is 79.9. The van der Waals surface area contributed by atoms with Crippen LogP contribution < -0.4 is 4.74 Å². The van der Waals surface area contributed by atoms with E-state index >= 15 is 0 Å². The molecule has 6 heteroatoms. The summed E-state index contributed by atoms with van der Waals surface area (Å²) in [5, 5.41) is 1.19. The number of nitrogens with one attached hydrogen (secondary N) is 1. The molecule has 3 atom stereocenters. The number of nitrogens with zero attached hydrogens (tertiary/aromatic N) is 1. The summed E-state index contributed by atoms with van der Waals surface area (Å²) in [6.07, 6.45) is 4.65. The van der Waals surface area contributed by atoms with E-state index < -0.39 is 0 Å². The quantitative estimate of drug-likeness (QED) is 0.503. The Morgan fingerprint density at radius 3 is 2.83 bits per heavy atom. The molecule has 0 bridgehead atoms. The normalized spacial score (nSPS) is 24.9. The molecule has 0 unspecified atom stereocenters. The van der Waals surface area contributed by atoms with E-state index in [1.807, 2.05) is 12.1 Å². The van der Waals surface area contributed by atoms with Gasteiger partial charge < -0.3 is 14.5 Å². The fraction of sp³-hybridized carbons (Fsp3) is 0.522. The Balaban J connectivity index is 1.80. The topological polar surface area (TPSA) is 54.6 Å². The number of fused-ring (bicyclic) bond motifs is 5. The van der Waals surface area contributed by atoms with Crippen LogP contribution in [0, 0.1) is 11.8 Å².